The van der Waals surface area contributed by atoms with Crippen LogP contribution in [0, 0.1) is 17.5 Å². The second kappa shape index (κ2) is 9.79. The van der Waals surface area contributed by atoms with Crippen LogP contribution in [0.4, 0.5) is 18.9 Å². The molecule has 9 heteroatoms. The Morgan fingerprint density at radius 1 is 0.914 bits per heavy atom. The summed E-state index contributed by atoms with van der Waals surface area (Å²) in [6, 6.07) is 9.83. The molecule has 2 aliphatic heterocycles. The third kappa shape index (κ3) is 5.14. The molecule has 0 spiro atoms. The van der Waals surface area contributed by atoms with Crippen molar-refractivity contribution in [3.8, 4) is 11.4 Å². The normalized spacial score (nSPS) is 16.3. The van der Waals surface area contributed by atoms with Crippen molar-refractivity contribution in [1.82, 2.24) is 25.3 Å². The van der Waals surface area contributed by atoms with Gasteiger partial charge in [-0.25, -0.2) is 23.1 Å². The third-order valence-electron chi connectivity index (χ3n) is 6.13. The van der Waals surface area contributed by atoms with E-state index in [1.165, 1.54) is 0 Å². The fourth-order valence-electron chi connectivity index (χ4n) is 4.14. The quantitative estimate of drug-likeness (QED) is 0.555. The van der Waals surface area contributed by atoms with E-state index in [9.17, 15) is 13.2 Å². The zero-order valence-corrected chi connectivity index (χ0v) is 19.3. The minimum Gasteiger partial charge on any atom is -0.366 e. The highest BCUT2D eigenvalue weighted by Crippen LogP contribution is 2.23. The van der Waals surface area contributed by atoms with Gasteiger partial charge in [-0.1, -0.05) is 18.2 Å². The topological polar surface area (TPSA) is 47.5 Å². The van der Waals surface area contributed by atoms with E-state index in [0.29, 0.717) is 18.1 Å². The van der Waals surface area contributed by atoms with E-state index in [1.807, 2.05) is 42.9 Å². The lowest BCUT2D eigenvalue weighted by atomic mass is 10.1. The lowest BCUT2D eigenvalue weighted by Gasteiger charge is -2.33. The van der Waals surface area contributed by atoms with Crippen LogP contribution in [0.3, 0.4) is 0 Å². The van der Waals surface area contributed by atoms with Crippen molar-refractivity contribution in [2.75, 3.05) is 38.1 Å². The number of anilines is 1. The largest absolute Gasteiger partial charge is 0.366 e. The van der Waals surface area contributed by atoms with E-state index < -0.39 is 17.5 Å². The second-order valence-corrected chi connectivity index (χ2v) is 8.67. The molecule has 3 aromatic rings. The molecule has 5 rings (SSSR count). The van der Waals surface area contributed by atoms with Gasteiger partial charge in [0.25, 0.3) is 0 Å². The molecule has 0 saturated carbocycles. The van der Waals surface area contributed by atoms with Crippen LogP contribution in [0.1, 0.15) is 11.1 Å². The summed E-state index contributed by atoms with van der Waals surface area (Å²) in [7, 11) is 2.12. The average molecular weight is 479 g/mol. The lowest BCUT2D eigenvalue weighted by molar-refractivity contribution is 0.312. The smallest absolute Gasteiger partial charge is 0.194 e. The standard InChI is InChI=1S/C26H25F3N6/c1-33-8-10-34(11-9-33)21-15-30-26(31-16-21)19-5-2-4-18(12-19)17-35-7-3-6-24(32-35)20-13-22(27)25(29)23(28)14-20/h2-7,12-16,32H,8-11,17H2,1H3. The van der Waals surface area contributed by atoms with Gasteiger partial charge in [-0.15, -0.1) is 0 Å². The maximum absolute atomic E-state index is 13.7. The van der Waals surface area contributed by atoms with Crippen LogP contribution in [0.5, 0.6) is 0 Å². The van der Waals surface area contributed by atoms with Crippen molar-refractivity contribution in [3.05, 3.63) is 95.7 Å². The number of benzene rings is 2. The summed E-state index contributed by atoms with van der Waals surface area (Å²) >= 11 is 0. The number of likely N-dealkylation sites (N-methyl/N-ethyl adjacent to an activating group) is 1. The summed E-state index contributed by atoms with van der Waals surface area (Å²) in [6.45, 7) is 4.43. The molecule has 6 nitrogen and oxygen atoms in total. The molecule has 1 aromatic heterocycles. The molecule has 2 aromatic carbocycles. The molecule has 0 aliphatic carbocycles. The van der Waals surface area contributed by atoms with Crippen LogP contribution in [-0.2, 0) is 6.54 Å². The van der Waals surface area contributed by atoms with Crippen molar-refractivity contribution < 1.29 is 13.2 Å². The predicted octanol–water partition coefficient (Wildman–Crippen LogP) is 4.19. The first-order chi connectivity index (χ1) is 17.0. The Morgan fingerprint density at radius 3 is 2.34 bits per heavy atom. The number of nitrogens with one attached hydrogen (secondary N) is 1. The molecule has 0 amide bonds. The number of hydrogen-bond donors (Lipinski definition) is 1. The molecule has 0 atom stereocenters. The minimum atomic E-state index is -1.48. The molecule has 1 fully saturated rings. The minimum absolute atomic E-state index is 0.221. The maximum atomic E-state index is 13.7. The third-order valence-corrected chi connectivity index (χ3v) is 6.13. The van der Waals surface area contributed by atoms with Crippen LogP contribution in [0.25, 0.3) is 17.1 Å². The van der Waals surface area contributed by atoms with Gasteiger partial charge in [-0.05, 0) is 43.0 Å². The summed E-state index contributed by atoms with van der Waals surface area (Å²) in [5, 5.41) is 1.78. The Morgan fingerprint density at radius 2 is 1.63 bits per heavy atom. The summed E-state index contributed by atoms with van der Waals surface area (Å²) in [6.07, 6.45) is 8.98. The molecule has 35 heavy (non-hydrogen) atoms. The number of allylic oxidation sites excluding steroid dienone is 2. The van der Waals surface area contributed by atoms with Crippen LogP contribution in [-0.4, -0.2) is 53.1 Å². The zero-order valence-electron chi connectivity index (χ0n) is 19.3. The second-order valence-electron chi connectivity index (χ2n) is 8.67. The van der Waals surface area contributed by atoms with Gasteiger partial charge in [0.05, 0.1) is 30.3 Å². The fraction of sp³-hybridized carbons (Fsp3) is 0.231. The van der Waals surface area contributed by atoms with Gasteiger partial charge in [0.1, 0.15) is 0 Å². The highest BCUT2D eigenvalue weighted by atomic mass is 19.2. The number of hydrazine groups is 1. The van der Waals surface area contributed by atoms with Crippen molar-refractivity contribution in [1.29, 1.82) is 0 Å². The van der Waals surface area contributed by atoms with Crippen molar-refractivity contribution in [3.63, 3.8) is 0 Å². The number of hydrogen-bond acceptors (Lipinski definition) is 6. The van der Waals surface area contributed by atoms with Gasteiger partial charge in [-0.3, -0.25) is 10.4 Å². The summed E-state index contributed by atoms with van der Waals surface area (Å²) in [5.41, 5.74) is 6.70. The highest BCUT2D eigenvalue weighted by molar-refractivity contribution is 5.66. The maximum Gasteiger partial charge on any atom is 0.194 e. The Labute approximate surface area is 202 Å². The average Bonchev–Trinajstić information content (AvgIpc) is 2.88. The zero-order chi connectivity index (χ0) is 24.4. The molecule has 2 aliphatic rings. The Hall–Kier alpha value is -3.85. The van der Waals surface area contributed by atoms with Crippen LogP contribution in [0.2, 0.25) is 0 Å². The molecule has 0 bridgehead atoms. The summed E-state index contributed by atoms with van der Waals surface area (Å²) in [5.74, 6) is -3.29. The number of rotatable bonds is 5. The summed E-state index contributed by atoms with van der Waals surface area (Å²) in [4.78, 5) is 13.8. The van der Waals surface area contributed by atoms with E-state index in [2.05, 4.69) is 32.2 Å². The van der Waals surface area contributed by atoms with Gasteiger partial charge in [-0.2, -0.15) is 0 Å². The first-order valence-corrected chi connectivity index (χ1v) is 11.4. The molecular weight excluding hydrogens is 453 g/mol. The molecule has 0 radical (unpaired) electrons. The molecule has 1 saturated heterocycles. The Kier molecular flexibility index (Phi) is 6.41. The van der Waals surface area contributed by atoms with Gasteiger partial charge in [0, 0.05) is 43.5 Å². The van der Waals surface area contributed by atoms with E-state index in [-0.39, 0.29) is 5.56 Å². The van der Waals surface area contributed by atoms with Crippen LogP contribution in [0.15, 0.2) is 67.1 Å². The number of piperazine rings is 1. The van der Waals surface area contributed by atoms with Gasteiger partial charge >= 0.3 is 0 Å². The molecule has 1 N–H and O–H groups in total. The SMILES string of the molecule is CN1CCN(c2cnc(-c3cccc(CN4C=CC=C(c5cc(F)c(F)c(F)c5)N4)c3)nc2)CC1. The summed E-state index contributed by atoms with van der Waals surface area (Å²) < 4.78 is 40.7. The van der Waals surface area contributed by atoms with Crippen LogP contribution < -0.4 is 10.3 Å². The van der Waals surface area contributed by atoms with Crippen LogP contribution >= 0.6 is 0 Å². The first kappa shape index (κ1) is 22.9. The highest BCUT2D eigenvalue weighted by Gasteiger charge is 2.17. The molecular formula is C26H25F3N6. The van der Waals surface area contributed by atoms with E-state index in [1.54, 1.807) is 17.2 Å². The number of nitrogens with zero attached hydrogens (tertiary/aromatic N) is 5. The molecule has 180 valence electrons. The molecule has 3 heterocycles. The van der Waals surface area contributed by atoms with E-state index in [0.717, 1.165) is 55.1 Å². The van der Waals surface area contributed by atoms with E-state index >= 15 is 0 Å². The van der Waals surface area contributed by atoms with Crippen molar-refractivity contribution in [2.24, 2.45) is 0 Å². The van der Waals surface area contributed by atoms with E-state index in [4.69, 9.17) is 0 Å². The Bertz CT molecular complexity index is 1240. The predicted molar refractivity (Wildman–Crippen MR) is 129 cm³/mol. The van der Waals surface area contributed by atoms with Gasteiger partial charge in [0.2, 0.25) is 0 Å². The van der Waals surface area contributed by atoms with Crippen molar-refractivity contribution >= 4 is 11.4 Å². The lowest BCUT2D eigenvalue weighted by Crippen LogP contribution is -2.44. The Balaban J connectivity index is 1.27. The molecule has 0 unspecified atom stereocenters. The number of aromatic nitrogens is 2. The monoisotopic (exact) mass is 478 g/mol. The van der Waals surface area contributed by atoms with Gasteiger partial charge < -0.3 is 9.80 Å². The first-order valence-electron chi connectivity index (χ1n) is 11.4. The van der Waals surface area contributed by atoms with Crippen molar-refractivity contribution in [2.45, 2.75) is 6.54 Å². The number of halogens is 3. The fourth-order valence-corrected chi connectivity index (χ4v) is 4.14. The van der Waals surface area contributed by atoms with Gasteiger partial charge in [0.15, 0.2) is 23.3 Å².